The number of aromatic nitrogens is 2. The van der Waals surface area contributed by atoms with Crippen molar-refractivity contribution in [3.05, 3.63) is 87.2 Å². The average molecular weight is 501 g/mol. The summed E-state index contributed by atoms with van der Waals surface area (Å²) in [6.45, 7) is 1.42. The Bertz CT molecular complexity index is 1200. The molecule has 1 saturated carbocycles. The maximum absolute atomic E-state index is 14.1. The number of imidazole rings is 1. The molecule has 0 bridgehead atoms. The Morgan fingerprint density at radius 3 is 2.62 bits per heavy atom. The van der Waals surface area contributed by atoms with E-state index in [2.05, 4.69) is 14.8 Å². The molecule has 0 radical (unpaired) electrons. The highest BCUT2D eigenvalue weighted by molar-refractivity contribution is 6.30. The third-order valence-corrected chi connectivity index (χ3v) is 7.45. The number of nitrogens with zero attached hydrogens (tertiary/aromatic N) is 3. The second kappa shape index (κ2) is 9.68. The number of carbonyl (C=O) groups is 1. The van der Waals surface area contributed by atoms with Crippen molar-refractivity contribution in [2.75, 3.05) is 13.6 Å². The van der Waals surface area contributed by atoms with Crippen LogP contribution in [0.5, 0.6) is 0 Å². The number of likely N-dealkylation sites (N-methyl/N-ethyl adjacent to an activating group) is 1. The lowest BCUT2D eigenvalue weighted by atomic mass is 9.95. The zero-order valence-electron chi connectivity index (χ0n) is 19.0. The maximum atomic E-state index is 14.1. The Hall–Kier alpha value is -2.41. The van der Waals surface area contributed by atoms with Crippen molar-refractivity contribution in [3.8, 4) is 0 Å². The van der Waals surface area contributed by atoms with E-state index in [1.165, 1.54) is 6.07 Å². The molecule has 1 fully saturated rings. The number of rotatable bonds is 7. The molecule has 1 N–H and O–H groups in total. The lowest BCUT2D eigenvalue weighted by molar-refractivity contribution is -0.128. The Morgan fingerprint density at radius 2 is 1.94 bits per heavy atom. The number of halogens is 3. The van der Waals surface area contributed by atoms with Crippen LogP contribution in [0.2, 0.25) is 10.2 Å². The summed E-state index contributed by atoms with van der Waals surface area (Å²) in [5, 5.41) is 3.46. The molecule has 1 aromatic heterocycles. The topological polar surface area (TPSA) is 50.2 Å². The van der Waals surface area contributed by atoms with Gasteiger partial charge < -0.3 is 9.88 Å². The quantitative estimate of drug-likeness (QED) is 0.453. The lowest BCUT2D eigenvalue weighted by Crippen LogP contribution is -2.46. The third kappa shape index (κ3) is 4.47. The lowest BCUT2D eigenvalue weighted by Gasteiger charge is -2.41. The highest BCUT2D eigenvalue weighted by Crippen LogP contribution is 2.46. The van der Waals surface area contributed by atoms with Crippen molar-refractivity contribution in [2.24, 2.45) is 0 Å². The van der Waals surface area contributed by atoms with Crippen LogP contribution in [0.4, 0.5) is 4.39 Å². The predicted octanol–water partition coefficient (Wildman–Crippen LogP) is 5.68. The Balaban J connectivity index is 1.54. The molecule has 5 nitrogen and oxygen atoms in total. The molecule has 2 aromatic carbocycles. The van der Waals surface area contributed by atoms with E-state index in [1.54, 1.807) is 13.1 Å². The first-order chi connectivity index (χ1) is 16.5. The monoisotopic (exact) mass is 500 g/mol. The SMILES string of the molecule is CNC(=O)[C@@H](c1ccccc1)N1CCn2c(C3CC3)nc(Cl)c2[C@@H]1CCc1ccc(Cl)c(F)c1. The zero-order valence-corrected chi connectivity index (χ0v) is 20.5. The van der Waals surface area contributed by atoms with E-state index in [1.807, 2.05) is 36.4 Å². The normalized spacial score (nSPS) is 19.0. The van der Waals surface area contributed by atoms with Crippen LogP contribution in [0.25, 0.3) is 0 Å². The number of hydrogen-bond acceptors (Lipinski definition) is 3. The fraction of sp³-hybridized carbons (Fsp3) is 0.385. The minimum atomic E-state index is -0.470. The minimum Gasteiger partial charge on any atom is -0.358 e. The largest absolute Gasteiger partial charge is 0.358 e. The molecule has 5 rings (SSSR count). The van der Waals surface area contributed by atoms with Gasteiger partial charge in [-0.3, -0.25) is 9.69 Å². The molecule has 1 aliphatic carbocycles. The molecule has 0 unspecified atom stereocenters. The molecule has 0 saturated heterocycles. The number of carbonyl (C=O) groups excluding carboxylic acids is 1. The molecule has 2 aliphatic rings. The smallest absolute Gasteiger partial charge is 0.241 e. The summed E-state index contributed by atoms with van der Waals surface area (Å²) < 4.78 is 16.4. The number of fused-ring (bicyclic) bond motifs is 1. The van der Waals surface area contributed by atoms with Gasteiger partial charge in [-0.05, 0) is 48.9 Å². The van der Waals surface area contributed by atoms with Crippen LogP contribution in [0, 0.1) is 5.82 Å². The Kier molecular flexibility index (Phi) is 6.65. The predicted molar refractivity (Wildman–Crippen MR) is 132 cm³/mol. The fourth-order valence-corrected chi connectivity index (χ4v) is 5.49. The molecular weight excluding hydrogens is 474 g/mol. The van der Waals surface area contributed by atoms with Gasteiger partial charge in [-0.25, -0.2) is 9.37 Å². The standard InChI is InChI=1S/C26H27Cl2FN4O/c1-30-26(34)22(17-5-3-2-4-6-17)32-13-14-33-23(24(28)31-25(33)18-9-10-18)21(32)12-8-16-7-11-19(27)20(29)15-16/h2-7,11,15,18,21-22H,8-10,12-14H2,1H3,(H,30,34)/t21-,22+/m0/s1. The first kappa shape index (κ1) is 23.3. The second-order valence-corrected chi connectivity index (χ2v) is 9.81. The van der Waals surface area contributed by atoms with Gasteiger partial charge in [0.1, 0.15) is 17.7 Å². The molecular formula is C26H27Cl2FN4O. The van der Waals surface area contributed by atoms with Crippen LogP contribution in [-0.2, 0) is 17.8 Å². The summed E-state index contributed by atoms with van der Waals surface area (Å²) in [6, 6.07) is 14.1. The van der Waals surface area contributed by atoms with Crippen molar-refractivity contribution in [1.29, 1.82) is 0 Å². The molecule has 2 atom stereocenters. The van der Waals surface area contributed by atoms with Gasteiger partial charge in [0.2, 0.25) is 5.91 Å². The van der Waals surface area contributed by atoms with Gasteiger partial charge in [-0.2, -0.15) is 0 Å². The average Bonchev–Trinajstić information content (AvgIpc) is 3.64. The van der Waals surface area contributed by atoms with E-state index in [-0.39, 0.29) is 17.0 Å². The van der Waals surface area contributed by atoms with Crippen molar-refractivity contribution in [2.45, 2.75) is 50.2 Å². The van der Waals surface area contributed by atoms with Gasteiger partial charge >= 0.3 is 0 Å². The van der Waals surface area contributed by atoms with Crippen LogP contribution >= 0.6 is 23.2 Å². The fourth-order valence-electron chi connectivity index (χ4n) is 5.06. The van der Waals surface area contributed by atoms with E-state index in [4.69, 9.17) is 28.2 Å². The maximum Gasteiger partial charge on any atom is 0.241 e. The molecule has 178 valence electrons. The van der Waals surface area contributed by atoms with E-state index < -0.39 is 11.9 Å². The summed E-state index contributed by atoms with van der Waals surface area (Å²) >= 11 is 12.6. The van der Waals surface area contributed by atoms with E-state index >= 15 is 0 Å². The Morgan fingerprint density at radius 1 is 1.18 bits per heavy atom. The van der Waals surface area contributed by atoms with E-state index in [0.717, 1.165) is 42.0 Å². The number of hydrogen-bond donors (Lipinski definition) is 1. The number of nitrogens with one attached hydrogen (secondary N) is 1. The first-order valence-corrected chi connectivity index (χ1v) is 12.5. The highest BCUT2D eigenvalue weighted by Gasteiger charge is 2.41. The molecule has 3 aromatic rings. The Labute approximate surface area is 208 Å². The van der Waals surface area contributed by atoms with Gasteiger partial charge in [-0.1, -0.05) is 59.6 Å². The minimum absolute atomic E-state index is 0.0692. The van der Waals surface area contributed by atoms with Gasteiger partial charge in [0.05, 0.1) is 16.8 Å². The van der Waals surface area contributed by atoms with E-state index in [9.17, 15) is 9.18 Å². The zero-order chi connectivity index (χ0) is 23.8. The number of amides is 1. The van der Waals surface area contributed by atoms with Crippen LogP contribution in [0.15, 0.2) is 48.5 Å². The molecule has 1 amide bonds. The molecule has 0 spiro atoms. The summed E-state index contributed by atoms with van der Waals surface area (Å²) in [5.74, 6) is 1.03. The molecule has 8 heteroatoms. The molecule has 34 heavy (non-hydrogen) atoms. The summed E-state index contributed by atoms with van der Waals surface area (Å²) in [7, 11) is 1.66. The van der Waals surface area contributed by atoms with Gasteiger partial charge in [-0.15, -0.1) is 0 Å². The summed E-state index contributed by atoms with van der Waals surface area (Å²) in [4.78, 5) is 20.1. The van der Waals surface area contributed by atoms with Gasteiger partial charge in [0.25, 0.3) is 0 Å². The molecule has 2 heterocycles. The third-order valence-electron chi connectivity index (χ3n) is 6.86. The summed E-state index contributed by atoms with van der Waals surface area (Å²) in [6.07, 6.45) is 3.55. The second-order valence-electron chi connectivity index (χ2n) is 9.04. The first-order valence-electron chi connectivity index (χ1n) is 11.7. The van der Waals surface area contributed by atoms with E-state index in [0.29, 0.717) is 30.5 Å². The van der Waals surface area contributed by atoms with Crippen LogP contribution in [-0.4, -0.2) is 34.0 Å². The highest BCUT2D eigenvalue weighted by atomic mass is 35.5. The van der Waals surface area contributed by atoms with Crippen LogP contribution in [0.1, 0.15) is 59.9 Å². The molecule has 1 aliphatic heterocycles. The van der Waals surface area contributed by atoms with Crippen molar-refractivity contribution < 1.29 is 9.18 Å². The van der Waals surface area contributed by atoms with Crippen molar-refractivity contribution in [1.82, 2.24) is 19.8 Å². The summed E-state index contributed by atoms with van der Waals surface area (Å²) in [5.41, 5.74) is 2.73. The van der Waals surface area contributed by atoms with Gasteiger partial charge in [0.15, 0.2) is 5.15 Å². The van der Waals surface area contributed by atoms with Crippen LogP contribution < -0.4 is 5.32 Å². The van der Waals surface area contributed by atoms with Crippen molar-refractivity contribution >= 4 is 29.1 Å². The van der Waals surface area contributed by atoms with Crippen molar-refractivity contribution in [3.63, 3.8) is 0 Å². The van der Waals surface area contributed by atoms with Gasteiger partial charge in [0, 0.05) is 26.1 Å². The number of aryl methyl sites for hydroxylation is 1. The number of benzene rings is 2. The van der Waals surface area contributed by atoms with Crippen LogP contribution in [0.3, 0.4) is 0 Å².